The monoisotopic (exact) mass is 287 g/mol. The van der Waals surface area contributed by atoms with Crippen molar-refractivity contribution in [2.24, 2.45) is 11.7 Å². The SMILES string of the molecule is CC(C)CC(NC(N)=O)C(=O)NCC1(O)CCOCC1. The van der Waals surface area contributed by atoms with Gasteiger partial charge in [-0.3, -0.25) is 4.79 Å². The number of carbonyl (C=O) groups is 2. The normalized spacial score (nSPS) is 19.4. The number of nitrogens with one attached hydrogen (secondary N) is 2. The number of amides is 3. The first-order chi connectivity index (χ1) is 9.32. The molecule has 20 heavy (non-hydrogen) atoms. The number of hydrogen-bond acceptors (Lipinski definition) is 4. The van der Waals surface area contributed by atoms with E-state index in [0.29, 0.717) is 32.5 Å². The maximum Gasteiger partial charge on any atom is 0.312 e. The first-order valence-corrected chi connectivity index (χ1v) is 6.96. The molecule has 1 aliphatic rings. The van der Waals surface area contributed by atoms with Gasteiger partial charge in [-0.2, -0.15) is 0 Å². The Morgan fingerprint density at radius 2 is 1.95 bits per heavy atom. The molecule has 0 spiro atoms. The molecule has 1 fully saturated rings. The zero-order valence-corrected chi connectivity index (χ0v) is 12.1. The summed E-state index contributed by atoms with van der Waals surface area (Å²) in [6.07, 6.45) is 1.48. The van der Waals surface area contributed by atoms with Crippen molar-refractivity contribution in [1.82, 2.24) is 10.6 Å². The van der Waals surface area contributed by atoms with Gasteiger partial charge in [0.2, 0.25) is 5.91 Å². The maximum absolute atomic E-state index is 12.1. The van der Waals surface area contributed by atoms with Crippen molar-refractivity contribution in [3.05, 3.63) is 0 Å². The Morgan fingerprint density at radius 1 is 1.35 bits per heavy atom. The highest BCUT2D eigenvalue weighted by Gasteiger charge is 2.31. The summed E-state index contributed by atoms with van der Waals surface area (Å²) in [5, 5.41) is 15.4. The lowest BCUT2D eigenvalue weighted by Gasteiger charge is -2.32. The minimum atomic E-state index is -0.928. The molecule has 0 radical (unpaired) electrons. The number of rotatable bonds is 6. The van der Waals surface area contributed by atoms with E-state index in [9.17, 15) is 14.7 Å². The van der Waals surface area contributed by atoms with Crippen molar-refractivity contribution in [3.63, 3.8) is 0 Å². The van der Waals surface area contributed by atoms with Crippen LogP contribution in [0.1, 0.15) is 33.1 Å². The van der Waals surface area contributed by atoms with Gasteiger partial charge >= 0.3 is 6.03 Å². The number of nitrogens with two attached hydrogens (primary N) is 1. The molecule has 0 aliphatic carbocycles. The second kappa shape index (κ2) is 7.44. The predicted octanol–water partition coefficient (Wildman–Crippen LogP) is -0.273. The molecule has 1 heterocycles. The number of primary amides is 1. The first-order valence-electron chi connectivity index (χ1n) is 6.96. The van der Waals surface area contributed by atoms with Crippen LogP contribution in [0.25, 0.3) is 0 Å². The largest absolute Gasteiger partial charge is 0.388 e. The van der Waals surface area contributed by atoms with Gasteiger partial charge < -0.3 is 26.2 Å². The molecule has 116 valence electrons. The van der Waals surface area contributed by atoms with E-state index in [0.717, 1.165) is 0 Å². The van der Waals surface area contributed by atoms with Crippen LogP contribution in [0.5, 0.6) is 0 Å². The van der Waals surface area contributed by atoms with E-state index in [1.807, 2.05) is 13.8 Å². The molecule has 0 saturated carbocycles. The number of urea groups is 1. The highest BCUT2D eigenvalue weighted by atomic mass is 16.5. The fourth-order valence-corrected chi connectivity index (χ4v) is 2.18. The standard InChI is InChI=1S/C13H25N3O4/c1-9(2)7-10(16-12(14)18)11(17)15-8-13(19)3-5-20-6-4-13/h9-10,19H,3-8H2,1-2H3,(H,15,17)(H3,14,16,18). The van der Waals surface area contributed by atoms with Crippen molar-refractivity contribution in [2.45, 2.75) is 44.8 Å². The zero-order valence-electron chi connectivity index (χ0n) is 12.1. The molecule has 0 aromatic rings. The van der Waals surface area contributed by atoms with Gasteiger partial charge in [-0.1, -0.05) is 13.8 Å². The van der Waals surface area contributed by atoms with Crippen LogP contribution >= 0.6 is 0 Å². The second-order valence-corrected chi connectivity index (χ2v) is 5.75. The highest BCUT2D eigenvalue weighted by molar-refractivity contribution is 5.86. The number of ether oxygens (including phenoxy) is 1. The molecule has 0 aromatic heterocycles. The van der Waals surface area contributed by atoms with Gasteiger partial charge in [0, 0.05) is 32.6 Å². The van der Waals surface area contributed by atoms with Crippen LogP contribution in [0, 0.1) is 5.92 Å². The average molecular weight is 287 g/mol. The summed E-state index contributed by atoms with van der Waals surface area (Å²) >= 11 is 0. The summed E-state index contributed by atoms with van der Waals surface area (Å²) in [6, 6.07) is -1.40. The summed E-state index contributed by atoms with van der Waals surface area (Å²) in [7, 11) is 0. The highest BCUT2D eigenvalue weighted by Crippen LogP contribution is 2.19. The van der Waals surface area contributed by atoms with Crippen LogP contribution < -0.4 is 16.4 Å². The first kappa shape index (κ1) is 16.7. The van der Waals surface area contributed by atoms with Crippen molar-refractivity contribution in [3.8, 4) is 0 Å². The molecule has 7 heteroatoms. The second-order valence-electron chi connectivity index (χ2n) is 5.75. The van der Waals surface area contributed by atoms with E-state index in [1.165, 1.54) is 0 Å². The van der Waals surface area contributed by atoms with Crippen LogP contribution in [0.15, 0.2) is 0 Å². The molecule has 1 aliphatic heterocycles. The summed E-state index contributed by atoms with van der Waals surface area (Å²) in [5.41, 5.74) is 4.15. The molecular weight excluding hydrogens is 262 g/mol. The van der Waals surface area contributed by atoms with Crippen molar-refractivity contribution in [2.75, 3.05) is 19.8 Å². The lowest BCUT2D eigenvalue weighted by molar-refractivity contribution is -0.126. The van der Waals surface area contributed by atoms with Gasteiger partial charge in [0.25, 0.3) is 0 Å². The third kappa shape index (κ3) is 5.75. The molecule has 7 nitrogen and oxygen atoms in total. The molecular formula is C13H25N3O4. The van der Waals surface area contributed by atoms with Crippen LogP contribution in [0.2, 0.25) is 0 Å². The zero-order chi connectivity index (χ0) is 15.2. The fourth-order valence-electron chi connectivity index (χ4n) is 2.18. The Kier molecular flexibility index (Phi) is 6.22. The summed E-state index contributed by atoms with van der Waals surface area (Å²) in [6.45, 7) is 5.04. The van der Waals surface area contributed by atoms with E-state index < -0.39 is 17.7 Å². The number of aliphatic hydroxyl groups is 1. The van der Waals surface area contributed by atoms with Gasteiger partial charge in [-0.15, -0.1) is 0 Å². The molecule has 0 aromatic carbocycles. The molecule has 1 unspecified atom stereocenters. The van der Waals surface area contributed by atoms with E-state index in [-0.39, 0.29) is 18.4 Å². The van der Waals surface area contributed by atoms with Crippen molar-refractivity contribution >= 4 is 11.9 Å². The fraction of sp³-hybridized carbons (Fsp3) is 0.846. The van der Waals surface area contributed by atoms with E-state index in [1.54, 1.807) is 0 Å². The van der Waals surface area contributed by atoms with Crippen LogP contribution in [-0.2, 0) is 9.53 Å². The van der Waals surface area contributed by atoms with Gasteiger partial charge in [0.05, 0.1) is 5.60 Å². The average Bonchev–Trinajstić information content (AvgIpc) is 2.35. The Hall–Kier alpha value is -1.34. The molecule has 5 N–H and O–H groups in total. The lowest BCUT2D eigenvalue weighted by Crippen LogP contribution is -2.53. The topological polar surface area (TPSA) is 114 Å². The molecule has 3 amide bonds. The van der Waals surface area contributed by atoms with Crippen LogP contribution in [-0.4, -0.2) is 48.4 Å². The van der Waals surface area contributed by atoms with Gasteiger partial charge in [0.15, 0.2) is 0 Å². The van der Waals surface area contributed by atoms with E-state index in [2.05, 4.69) is 10.6 Å². The minimum Gasteiger partial charge on any atom is -0.388 e. The van der Waals surface area contributed by atoms with E-state index >= 15 is 0 Å². The Labute approximate surface area is 119 Å². The Morgan fingerprint density at radius 3 is 2.45 bits per heavy atom. The van der Waals surface area contributed by atoms with Crippen molar-refractivity contribution < 1.29 is 19.4 Å². The molecule has 1 atom stereocenters. The van der Waals surface area contributed by atoms with E-state index in [4.69, 9.17) is 10.5 Å². The summed E-state index contributed by atoms with van der Waals surface area (Å²) in [5.74, 6) is -0.0822. The van der Waals surface area contributed by atoms with Gasteiger partial charge in [-0.25, -0.2) is 4.79 Å². The maximum atomic E-state index is 12.1. The third-order valence-corrected chi connectivity index (χ3v) is 3.36. The molecule has 1 saturated heterocycles. The van der Waals surface area contributed by atoms with Gasteiger partial charge in [0.1, 0.15) is 6.04 Å². The van der Waals surface area contributed by atoms with Gasteiger partial charge in [-0.05, 0) is 12.3 Å². The quantitative estimate of drug-likeness (QED) is 0.538. The predicted molar refractivity (Wildman–Crippen MR) is 74.0 cm³/mol. The molecule has 0 bridgehead atoms. The Bertz CT molecular complexity index is 341. The summed E-state index contributed by atoms with van der Waals surface area (Å²) in [4.78, 5) is 23.0. The van der Waals surface area contributed by atoms with Crippen LogP contribution in [0.3, 0.4) is 0 Å². The minimum absolute atomic E-state index is 0.157. The lowest BCUT2D eigenvalue weighted by atomic mass is 9.94. The number of hydrogen-bond donors (Lipinski definition) is 4. The van der Waals surface area contributed by atoms with Crippen LogP contribution in [0.4, 0.5) is 4.79 Å². The van der Waals surface area contributed by atoms with Crippen molar-refractivity contribution in [1.29, 1.82) is 0 Å². The number of carbonyl (C=O) groups excluding carboxylic acids is 2. The molecule has 1 rings (SSSR count). The Balaban J connectivity index is 2.50. The third-order valence-electron chi connectivity index (χ3n) is 3.36. The summed E-state index contributed by atoms with van der Waals surface area (Å²) < 4.78 is 5.18. The smallest absolute Gasteiger partial charge is 0.312 e.